The van der Waals surface area contributed by atoms with Crippen LogP contribution in [0.2, 0.25) is 5.02 Å². The van der Waals surface area contributed by atoms with Crippen LogP contribution >= 0.6 is 11.6 Å². The first-order valence-electron chi connectivity index (χ1n) is 7.55. The van der Waals surface area contributed by atoms with Crippen molar-refractivity contribution in [1.29, 1.82) is 0 Å². The van der Waals surface area contributed by atoms with Gasteiger partial charge in [0.15, 0.2) is 0 Å². The van der Waals surface area contributed by atoms with Gasteiger partial charge in [0.1, 0.15) is 0 Å². The van der Waals surface area contributed by atoms with Gasteiger partial charge >= 0.3 is 0 Å². The van der Waals surface area contributed by atoms with Crippen molar-refractivity contribution >= 4 is 17.5 Å². The summed E-state index contributed by atoms with van der Waals surface area (Å²) in [6.07, 6.45) is 2.34. The van der Waals surface area contributed by atoms with Crippen LogP contribution in [0.5, 0.6) is 0 Å². The zero-order valence-corrected chi connectivity index (χ0v) is 13.3. The highest BCUT2D eigenvalue weighted by atomic mass is 35.5. The number of likely N-dealkylation sites (tertiary alicyclic amines) is 1. The fourth-order valence-corrected chi connectivity index (χ4v) is 3.08. The summed E-state index contributed by atoms with van der Waals surface area (Å²) < 4.78 is 0. The summed E-state index contributed by atoms with van der Waals surface area (Å²) in [6, 6.07) is 7.84. The molecule has 1 amide bonds. The molecule has 0 saturated carbocycles. The summed E-state index contributed by atoms with van der Waals surface area (Å²) in [7, 11) is 0. The molecule has 1 aliphatic rings. The first-order chi connectivity index (χ1) is 10.1. The van der Waals surface area contributed by atoms with Crippen molar-refractivity contribution in [1.82, 2.24) is 10.2 Å². The van der Waals surface area contributed by atoms with Crippen molar-refractivity contribution in [2.75, 3.05) is 19.6 Å². The molecule has 0 aromatic heterocycles. The fraction of sp³-hybridized carbons (Fsp3) is 0.562. The molecule has 116 valence electrons. The average molecular weight is 310 g/mol. The Hall–Kier alpha value is -1.10. The molecule has 2 atom stereocenters. The van der Waals surface area contributed by atoms with Gasteiger partial charge < -0.3 is 11.1 Å². The van der Waals surface area contributed by atoms with Crippen molar-refractivity contribution in [2.45, 2.75) is 32.4 Å². The lowest BCUT2D eigenvalue weighted by Gasteiger charge is -2.38. The Bertz CT molecular complexity index is 463. The third-order valence-electron chi connectivity index (χ3n) is 4.22. The number of nitrogens with two attached hydrogens (primary N) is 1. The molecule has 3 N–H and O–H groups in total. The molecule has 0 aliphatic carbocycles. The van der Waals surface area contributed by atoms with Crippen molar-refractivity contribution in [3.8, 4) is 0 Å². The molecule has 1 aliphatic heterocycles. The van der Waals surface area contributed by atoms with Crippen LogP contribution in [0.1, 0.15) is 25.3 Å². The number of carbonyl (C=O) groups excluding carboxylic acids is 1. The second-order valence-electron chi connectivity index (χ2n) is 5.80. The number of carbonyl (C=O) groups is 1. The highest BCUT2D eigenvalue weighted by Crippen LogP contribution is 2.22. The van der Waals surface area contributed by atoms with Crippen LogP contribution in [0.3, 0.4) is 0 Å². The van der Waals surface area contributed by atoms with Crippen LogP contribution in [-0.2, 0) is 11.3 Å². The molecule has 1 aromatic rings. The highest BCUT2D eigenvalue weighted by Gasteiger charge is 2.28. The second kappa shape index (κ2) is 7.78. The molecule has 0 spiro atoms. The molecular formula is C16H24ClN3O. The lowest BCUT2D eigenvalue weighted by molar-refractivity contribution is -0.123. The predicted molar refractivity (Wildman–Crippen MR) is 86.1 cm³/mol. The number of nitrogens with one attached hydrogen (secondary N) is 1. The number of hydrogen-bond acceptors (Lipinski definition) is 3. The summed E-state index contributed by atoms with van der Waals surface area (Å²) in [5.41, 5.74) is 6.90. The van der Waals surface area contributed by atoms with Gasteiger partial charge in [0.25, 0.3) is 0 Å². The van der Waals surface area contributed by atoms with Crippen LogP contribution in [0, 0.1) is 5.92 Å². The van der Waals surface area contributed by atoms with Gasteiger partial charge in [-0.3, -0.25) is 9.69 Å². The van der Waals surface area contributed by atoms with Crippen LogP contribution in [-0.4, -0.2) is 36.5 Å². The lowest BCUT2D eigenvalue weighted by atomic mass is 9.91. The number of rotatable bonds is 5. The average Bonchev–Trinajstić information content (AvgIpc) is 2.47. The fourth-order valence-electron chi connectivity index (χ4n) is 2.96. The first kappa shape index (κ1) is 16.3. The molecule has 2 unspecified atom stereocenters. The predicted octanol–water partition coefficient (Wildman–Crippen LogP) is 2.02. The molecule has 21 heavy (non-hydrogen) atoms. The first-order valence-corrected chi connectivity index (χ1v) is 7.93. The topological polar surface area (TPSA) is 58.4 Å². The number of nitrogens with zero attached hydrogens (tertiary/aromatic N) is 1. The van der Waals surface area contributed by atoms with Gasteiger partial charge in [-0.25, -0.2) is 0 Å². The standard InChI is InChI=1S/C16H24ClN3O/c1-12-3-2-8-20(15(12)9-18)11-16(21)19-10-13-4-6-14(17)7-5-13/h4-7,12,15H,2-3,8-11,18H2,1H3,(H,19,21). The minimum atomic E-state index is 0.0532. The molecule has 5 heteroatoms. The molecule has 1 aromatic carbocycles. The number of piperidine rings is 1. The van der Waals surface area contributed by atoms with Crippen LogP contribution in [0.25, 0.3) is 0 Å². The van der Waals surface area contributed by atoms with E-state index in [0.29, 0.717) is 36.6 Å². The smallest absolute Gasteiger partial charge is 0.234 e. The Balaban J connectivity index is 1.82. The van der Waals surface area contributed by atoms with E-state index in [0.717, 1.165) is 18.5 Å². The van der Waals surface area contributed by atoms with E-state index in [9.17, 15) is 4.79 Å². The third-order valence-corrected chi connectivity index (χ3v) is 4.47. The van der Waals surface area contributed by atoms with E-state index in [1.807, 2.05) is 24.3 Å². The van der Waals surface area contributed by atoms with Crippen molar-refractivity contribution in [3.63, 3.8) is 0 Å². The van der Waals surface area contributed by atoms with E-state index in [2.05, 4.69) is 17.1 Å². The zero-order chi connectivity index (χ0) is 15.2. The Labute approximate surface area is 131 Å². The number of hydrogen-bond donors (Lipinski definition) is 2. The van der Waals surface area contributed by atoms with Gasteiger partial charge in [-0.15, -0.1) is 0 Å². The highest BCUT2D eigenvalue weighted by molar-refractivity contribution is 6.30. The monoisotopic (exact) mass is 309 g/mol. The minimum Gasteiger partial charge on any atom is -0.351 e. The molecule has 0 radical (unpaired) electrons. The molecule has 1 fully saturated rings. The van der Waals surface area contributed by atoms with Crippen LogP contribution in [0.15, 0.2) is 24.3 Å². The van der Waals surface area contributed by atoms with Crippen molar-refractivity contribution in [2.24, 2.45) is 11.7 Å². The minimum absolute atomic E-state index is 0.0532. The summed E-state index contributed by atoms with van der Waals surface area (Å²) in [4.78, 5) is 14.3. The van der Waals surface area contributed by atoms with E-state index in [1.54, 1.807) is 0 Å². The molecule has 1 heterocycles. The second-order valence-corrected chi connectivity index (χ2v) is 6.23. The SMILES string of the molecule is CC1CCCN(CC(=O)NCc2ccc(Cl)cc2)C1CN. The third kappa shape index (κ3) is 4.70. The zero-order valence-electron chi connectivity index (χ0n) is 12.5. The molecule has 4 nitrogen and oxygen atoms in total. The number of halogens is 1. The maximum atomic E-state index is 12.1. The Morgan fingerprint density at radius 2 is 2.14 bits per heavy atom. The van der Waals surface area contributed by atoms with Gasteiger partial charge in [0.05, 0.1) is 6.54 Å². The van der Waals surface area contributed by atoms with E-state index in [1.165, 1.54) is 6.42 Å². The van der Waals surface area contributed by atoms with Crippen molar-refractivity contribution < 1.29 is 4.79 Å². The molecule has 1 saturated heterocycles. The maximum Gasteiger partial charge on any atom is 0.234 e. The lowest BCUT2D eigenvalue weighted by Crippen LogP contribution is -2.51. The van der Waals surface area contributed by atoms with Gasteiger partial charge in [0.2, 0.25) is 5.91 Å². The molecule has 2 rings (SSSR count). The molecule has 0 bridgehead atoms. The van der Waals surface area contributed by atoms with Gasteiger partial charge in [-0.2, -0.15) is 0 Å². The number of benzene rings is 1. The number of amides is 1. The van der Waals surface area contributed by atoms with E-state index < -0.39 is 0 Å². The summed E-state index contributed by atoms with van der Waals surface area (Å²) in [5.74, 6) is 0.616. The normalized spacial score (nSPS) is 23.0. The summed E-state index contributed by atoms with van der Waals surface area (Å²) in [6.45, 7) is 4.76. The summed E-state index contributed by atoms with van der Waals surface area (Å²) in [5, 5.41) is 3.67. The van der Waals surface area contributed by atoms with Crippen LogP contribution in [0.4, 0.5) is 0 Å². The summed E-state index contributed by atoms with van der Waals surface area (Å²) >= 11 is 5.84. The van der Waals surface area contributed by atoms with Gasteiger partial charge in [0, 0.05) is 24.2 Å². The Morgan fingerprint density at radius 3 is 2.81 bits per heavy atom. The largest absolute Gasteiger partial charge is 0.351 e. The van der Waals surface area contributed by atoms with E-state index in [-0.39, 0.29) is 5.91 Å². The Kier molecular flexibility index (Phi) is 6.03. The molecular weight excluding hydrogens is 286 g/mol. The Morgan fingerprint density at radius 1 is 1.43 bits per heavy atom. The quantitative estimate of drug-likeness (QED) is 0.875. The van der Waals surface area contributed by atoms with E-state index >= 15 is 0 Å². The van der Waals surface area contributed by atoms with E-state index in [4.69, 9.17) is 17.3 Å². The van der Waals surface area contributed by atoms with Crippen LogP contribution < -0.4 is 11.1 Å². The van der Waals surface area contributed by atoms with Crippen molar-refractivity contribution in [3.05, 3.63) is 34.9 Å². The maximum absolute atomic E-state index is 12.1. The van der Waals surface area contributed by atoms with Gasteiger partial charge in [-0.05, 0) is 43.0 Å². The van der Waals surface area contributed by atoms with Gasteiger partial charge in [-0.1, -0.05) is 30.7 Å².